The molecular weight excluding hydrogens is 190 g/mol. The van der Waals surface area contributed by atoms with E-state index in [9.17, 15) is 0 Å². The molecule has 0 aromatic carbocycles. The van der Waals surface area contributed by atoms with E-state index in [-0.39, 0.29) is 6.10 Å². The van der Waals surface area contributed by atoms with Crippen LogP contribution in [0.15, 0.2) is 12.4 Å². The maximum atomic E-state index is 5.41. The van der Waals surface area contributed by atoms with Crippen molar-refractivity contribution in [2.24, 2.45) is 0 Å². The molecule has 1 aromatic heterocycles. The predicted octanol–water partition coefficient (Wildman–Crippen LogP) is 1.88. The van der Waals surface area contributed by atoms with Gasteiger partial charge in [0.2, 0.25) is 0 Å². The van der Waals surface area contributed by atoms with Crippen LogP contribution in [0.25, 0.3) is 0 Å². The fourth-order valence-electron chi connectivity index (χ4n) is 1.16. The van der Waals surface area contributed by atoms with Gasteiger partial charge in [0.15, 0.2) is 0 Å². The average molecular weight is 209 g/mol. The van der Waals surface area contributed by atoms with Crippen LogP contribution in [-0.2, 0) is 11.2 Å². The Labute approximate surface area is 91.1 Å². The topological polar surface area (TPSA) is 47.0 Å². The monoisotopic (exact) mass is 209 g/mol. The van der Waals surface area contributed by atoms with Gasteiger partial charge in [-0.1, -0.05) is 6.92 Å². The van der Waals surface area contributed by atoms with E-state index in [0.29, 0.717) is 6.61 Å². The van der Waals surface area contributed by atoms with Crippen molar-refractivity contribution in [3.63, 3.8) is 0 Å². The van der Waals surface area contributed by atoms with Crippen molar-refractivity contribution in [3.05, 3.63) is 18.1 Å². The Morgan fingerprint density at radius 2 is 2.20 bits per heavy atom. The van der Waals surface area contributed by atoms with E-state index >= 15 is 0 Å². The summed E-state index contributed by atoms with van der Waals surface area (Å²) in [6, 6.07) is 1.97. The number of hydrogen-bond donors (Lipinski definition) is 1. The molecule has 1 aromatic rings. The normalized spacial score (nSPS) is 10.7. The lowest BCUT2D eigenvalue weighted by molar-refractivity contribution is 0.0870. The molecule has 4 heteroatoms. The molecule has 1 rings (SSSR count). The molecule has 0 aliphatic carbocycles. The van der Waals surface area contributed by atoms with Gasteiger partial charge >= 0.3 is 0 Å². The molecule has 0 spiro atoms. The van der Waals surface area contributed by atoms with Gasteiger partial charge in [0.05, 0.1) is 12.7 Å². The van der Waals surface area contributed by atoms with Gasteiger partial charge in [0.1, 0.15) is 12.1 Å². The van der Waals surface area contributed by atoms with Gasteiger partial charge < -0.3 is 10.1 Å². The summed E-state index contributed by atoms with van der Waals surface area (Å²) in [7, 11) is 0. The second-order valence-electron chi connectivity index (χ2n) is 3.59. The Morgan fingerprint density at radius 3 is 2.87 bits per heavy atom. The highest BCUT2D eigenvalue weighted by molar-refractivity contribution is 5.34. The molecule has 4 nitrogen and oxygen atoms in total. The van der Waals surface area contributed by atoms with Crippen molar-refractivity contribution < 1.29 is 4.74 Å². The molecule has 15 heavy (non-hydrogen) atoms. The Bertz CT molecular complexity index is 289. The smallest absolute Gasteiger partial charge is 0.129 e. The van der Waals surface area contributed by atoms with Crippen molar-refractivity contribution >= 4 is 5.82 Å². The number of nitrogens with one attached hydrogen (secondary N) is 1. The van der Waals surface area contributed by atoms with Crippen molar-refractivity contribution in [2.75, 3.05) is 18.5 Å². The van der Waals surface area contributed by atoms with E-state index in [0.717, 1.165) is 24.5 Å². The molecule has 0 bridgehead atoms. The number of ether oxygens (including phenoxy) is 1. The van der Waals surface area contributed by atoms with E-state index < -0.39 is 0 Å². The summed E-state index contributed by atoms with van der Waals surface area (Å²) >= 11 is 0. The molecule has 0 atom stereocenters. The maximum Gasteiger partial charge on any atom is 0.129 e. The molecule has 0 aliphatic heterocycles. The van der Waals surface area contributed by atoms with Crippen molar-refractivity contribution in [2.45, 2.75) is 33.3 Å². The van der Waals surface area contributed by atoms with Crippen LogP contribution in [0.3, 0.4) is 0 Å². The molecule has 0 radical (unpaired) electrons. The van der Waals surface area contributed by atoms with Crippen LogP contribution in [0.1, 0.15) is 26.5 Å². The Hall–Kier alpha value is -1.16. The lowest BCUT2D eigenvalue weighted by Crippen LogP contribution is -2.14. The highest BCUT2D eigenvalue weighted by Gasteiger charge is 1.97. The summed E-state index contributed by atoms with van der Waals surface area (Å²) in [6.45, 7) is 7.61. The first-order valence-electron chi connectivity index (χ1n) is 5.38. The van der Waals surface area contributed by atoms with Crippen molar-refractivity contribution in [1.82, 2.24) is 9.97 Å². The lowest BCUT2D eigenvalue weighted by Gasteiger charge is -2.09. The first-order valence-corrected chi connectivity index (χ1v) is 5.38. The molecular formula is C11H19N3O. The quantitative estimate of drug-likeness (QED) is 0.727. The minimum Gasteiger partial charge on any atom is -0.377 e. The number of aryl methyl sites for hydroxylation is 1. The summed E-state index contributed by atoms with van der Waals surface area (Å²) < 4.78 is 5.41. The van der Waals surface area contributed by atoms with Crippen molar-refractivity contribution in [1.29, 1.82) is 0 Å². The Kier molecular flexibility index (Phi) is 5.04. The number of aromatic nitrogens is 2. The molecule has 0 aliphatic rings. The minimum absolute atomic E-state index is 0.281. The van der Waals surface area contributed by atoms with E-state index in [1.807, 2.05) is 19.9 Å². The van der Waals surface area contributed by atoms with Gasteiger partial charge in [-0.3, -0.25) is 0 Å². The zero-order valence-corrected chi connectivity index (χ0v) is 9.66. The first-order chi connectivity index (χ1) is 7.22. The summed E-state index contributed by atoms with van der Waals surface area (Å²) in [4.78, 5) is 8.26. The molecule has 84 valence electrons. The number of nitrogens with zero attached hydrogens (tertiary/aromatic N) is 2. The van der Waals surface area contributed by atoms with Crippen LogP contribution in [-0.4, -0.2) is 29.2 Å². The fourth-order valence-corrected chi connectivity index (χ4v) is 1.16. The van der Waals surface area contributed by atoms with Crippen LogP contribution in [0, 0.1) is 0 Å². The third kappa shape index (κ3) is 4.74. The molecule has 0 unspecified atom stereocenters. The second kappa shape index (κ2) is 6.35. The third-order valence-corrected chi connectivity index (χ3v) is 1.95. The largest absolute Gasteiger partial charge is 0.377 e. The molecule has 0 fully saturated rings. The minimum atomic E-state index is 0.281. The zero-order valence-electron chi connectivity index (χ0n) is 9.66. The van der Waals surface area contributed by atoms with Gasteiger partial charge in [0, 0.05) is 18.3 Å². The van der Waals surface area contributed by atoms with Gasteiger partial charge in [-0.2, -0.15) is 0 Å². The highest BCUT2D eigenvalue weighted by Crippen LogP contribution is 2.03. The van der Waals surface area contributed by atoms with E-state index in [4.69, 9.17) is 4.74 Å². The van der Waals surface area contributed by atoms with Crippen LogP contribution < -0.4 is 5.32 Å². The Balaban J connectivity index is 2.30. The molecule has 0 amide bonds. The number of rotatable bonds is 6. The maximum absolute atomic E-state index is 5.41. The molecule has 0 saturated carbocycles. The number of anilines is 1. The van der Waals surface area contributed by atoms with E-state index in [1.54, 1.807) is 6.33 Å². The molecule has 1 N–H and O–H groups in total. The van der Waals surface area contributed by atoms with Gasteiger partial charge in [-0.15, -0.1) is 0 Å². The average Bonchev–Trinajstić information content (AvgIpc) is 2.24. The van der Waals surface area contributed by atoms with E-state index in [2.05, 4.69) is 22.2 Å². The van der Waals surface area contributed by atoms with Crippen LogP contribution in [0.2, 0.25) is 0 Å². The zero-order chi connectivity index (χ0) is 11.1. The van der Waals surface area contributed by atoms with Crippen LogP contribution >= 0.6 is 0 Å². The first kappa shape index (κ1) is 11.9. The molecule has 1 heterocycles. The second-order valence-corrected chi connectivity index (χ2v) is 3.59. The lowest BCUT2D eigenvalue weighted by atomic mass is 10.3. The van der Waals surface area contributed by atoms with Crippen LogP contribution in [0.4, 0.5) is 5.82 Å². The van der Waals surface area contributed by atoms with Crippen LogP contribution in [0.5, 0.6) is 0 Å². The highest BCUT2D eigenvalue weighted by atomic mass is 16.5. The predicted molar refractivity (Wildman–Crippen MR) is 61.0 cm³/mol. The Morgan fingerprint density at radius 1 is 1.40 bits per heavy atom. The third-order valence-electron chi connectivity index (χ3n) is 1.95. The number of hydrogen-bond acceptors (Lipinski definition) is 4. The SMILES string of the molecule is CCc1cc(NCCOC(C)C)ncn1. The molecule has 0 saturated heterocycles. The summed E-state index contributed by atoms with van der Waals surface area (Å²) in [6.07, 6.45) is 2.80. The fraction of sp³-hybridized carbons (Fsp3) is 0.636. The standard InChI is InChI=1S/C11H19N3O/c1-4-10-7-11(14-8-13-10)12-5-6-15-9(2)3/h7-9H,4-6H2,1-3H3,(H,12,13,14). The van der Waals surface area contributed by atoms with Gasteiger partial charge in [-0.05, 0) is 20.3 Å². The van der Waals surface area contributed by atoms with Gasteiger partial charge in [-0.25, -0.2) is 9.97 Å². The summed E-state index contributed by atoms with van der Waals surface area (Å²) in [5.41, 5.74) is 1.05. The van der Waals surface area contributed by atoms with Gasteiger partial charge in [0.25, 0.3) is 0 Å². The summed E-state index contributed by atoms with van der Waals surface area (Å²) in [5, 5.41) is 3.20. The van der Waals surface area contributed by atoms with Crippen molar-refractivity contribution in [3.8, 4) is 0 Å². The van der Waals surface area contributed by atoms with E-state index in [1.165, 1.54) is 0 Å². The summed E-state index contributed by atoms with van der Waals surface area (Å²) in [5.74, 6) is 0.870.